The predicted octanol–water partition coefficient (Wildman–Crippen LogP) is 3.36. The molecule has 2 N–H and O–H groups in total. The first kappa shape index (κ1) is 18.2. The molecule has 6 nitrogen and oxygen atoms in total. The van der Waals surface area contributed by atoms with Crippen molar-refractivity contribution in [3.63, 3.8) is 0 Å². The summed E-state index contributed by atoms with van der Waals surface area (Å²) in [6, 6.07) is 9.78. The fourth-order valence-corrected chi connectivity index (χ4v) is 4.50. The minimum atomic E-state index is -2.64. The van der Waals surface area contributed by atoms with Crippen LogP contribution in [0.15, 0.2) is 42.6 Å². The lowest BCUT2D eigenvalue weighted by atomic mass is 9.98. The van der Waals surface area contributed by atoms with Crippen molar-refractivity contribution in [2.45, 2.75) is 43.3 Å². The van der Waals surface area contributed by atoms with E-state index in [0.29, 0.717) is 29.9 Å². The Morgan fingerprint density at radius 1 is 1.17 bits per heavy atom. The van der Waals surface area contributed by atoms with Crippen molar-refractivity contribution in [1.82, 2.24) is 20.5 Å². The summed E-state index contributed by atoms with van der Waals surface area (Å²) in [6.45, 7) is 0. The van der Waals surface area contributed by atoms with E-state index in [9.17, 15) is 13.9 Å². The van der Waals surface area contributed by atoms with Gasteiger partial charge in [0.05, 0.1) is 17.3 Å². The lowest BCUT2D eigenvalue weighted by Crippen LogP contribution is -2.49. The molecule has 4 heterocycles. The van der Waals surface area contributed by atoms with E-state index in [0.717, 1.165) is 10.9 Å². The maximum absolute atomic E-state index is 14.0. The van der Waals surface area contributed by atoms with Crippen molar-refractivity contribution in [2.24, 2.45) is 0 Å². The van der Waals surface area contributed by atoms with Gasteiger partial charge in [0.2, 0.25) is 0 Å². The minimum absolute atomic E-state index is 0.0157. The van der Waals surface area contributed by atoms with Crippen LogP contribution >= 0.6 is 0 Å². The second-order valence-electron chi connectivity index (χ2n) is 7.96. The Bertz CT molecular complexity index is 1060. The maximum atomic E-state index is 14.0. The number of aromatic nitrogens is 3. The van der Waals surface area contributed by atoms with Crippen LogP contribution in [0, 0.1) is 0 Å². The molecule has 1 aromatic carbocycles. The van der Waals surface area contributed by atoms with Crippen molar-refractivity contribution in [3.05, 3.63) is 42.6 Å². The van der Waals surface area contributed by atoms with Crippen LogP contribution in [0.4, 0.5) is 14.6 Å². The van der Waals surface area contributed by atoms with Crippen molar-refractivity contribution in [3.8, 4) is 17.0 Å². The number of hydrogen-bond donors (Lipinski definition) is 2. The molecular weight excluding hydrogens is 376 g/mol. The molecule has 150 valence electrons. The van der Waals surface area contributed by atoms with Gasteiger partial charge in [0.1, 0.15) is 5.75 Å². The van der Waals surface area contributed by atoms with Crippen LogP contribution in [-0.4, -0.2) is 51.4 Å². The molecule has 5 rings (SSSR count). The molecular formula is C21H21F2N5O. The Balaban J connectivity index is 1.39. The van der Waals surface area contributed by atoms with Crippen molar-refractivity contribution in [2.75, 3.05) is 11.9 Å². The van der Waals surface area contributed by atoms with Gasteiger partial charge in [0.15, 0.2) is 5.82 Å². The average Bonchev–Trinajstić information content (AvgIpc) is 2.93. The smallest absolute Gasteiger partial charge is 0.264 e. The Labute approximate surface area is 166 Å². The van der Waals surface area contributed by atoms with E-state index in [2.05, 4.69) is 20.5 Å². The summed E-state index contributed by atoms with van der Waals surface area (Å²) in [7, 11) is 1.87. The number of phenolic OH excluding ortho intramolecular Hbond substituents is 1. The summed E-state index contributed by atoms with van der Waals surface area (Å²) in [4.78, 5) is 6.24. The quantitative estimate of drug-likeness (QED) is 0.706. The lowest BCUT2D eigenvalue weighted by molar-refractivity contribution is -0.0128. The number of phenols is 1. The molecule has 0 amide bonds. The third-order valence-corrected chi connectivity index (χ3v) is 6.09. The van der Waals surface area contributed by atoms with E-state index in [-0.39, 0.29) is 24.3 Å². The highest BCUT2D eigenvalue weighted by Crippen LogP contribution is 2.40. The standard InChI is InChI=1S/C21H21F2N5O/c1-28(14-8-13-11-21(22,23)19(9-14)25-13)20-5-4-16(26-27-20)15-10-17-12(7-18(15)29)3-2-6-24-17/h2-7,10,13-14,19,25,29H,8-9,11H2,1H3/t13-,14+,19+/m1/s1. The highest BCUT2D eigenvalue weighted by atomic mass is 19.3. The number of piperidine rings is 1. The Morgan fingerprint density at radius 3 is 2.79 bits per heavy atom. The second-order valence-corrected chi connectivity index (χ2v) is 7.96. The number of nitrogens with zero attached hydrogens (tertiary/aromatic N) is 4. The van der Waals surface area contributed by atoms with Crippen LogP contribution in [-0.2, 0) is 0 Å². The maximum Gasteiger partial charge on any atom is 0.264 e. The number of fused-ring (bicyclic) bond motifs is 3. The summed E-state index contributed by atoms with van der Waals surface area (Å²) >= 11 is 0. The molecule has 0 aliphatic carbocycles. The molecule has 2 fully saturated rings. The topological polar surface area (TPSA) is 74.2 Å². The van der Waals surface area contributed by atoms with E-state index in [1.807, 2.05) is 30.1 Å². The largest absolute Gasteiger partial charge is 0.507 e. The average molecular weight is 397 g/mol. The molecule has 8 heteroatoms. The summed E-state index contributed by atoms with van der Waals surface area (Å²) < 4.78 is 28.0. The van der Waals surface area contributed by atoms with E-state index in [1.165, 1.54) is 0 Å². The predicted molar refractivity (Wildman–Crippen MR) is 106 cm³/mol. The Kier molecular flexibility index (Phi) is 4.13. The van der Waals surface area contributed by atoms with Gasteiger partial charge in [0.25, 0.3) is 5.92 Å². The summed E-state index contributed by atoms with van der Waals surface area (Å²) in [6.07, 6.45) is 2.63. The number of aromatic hydroxyl groups is 1. The summed E-state index contributed by atoms with van der Waals surface area (Å²) in [5, 5.41) is 22.8. The first-order valence-corrected chi connectivity index (χ1v) is 9.69. The molecule has 29 heavy (non-hydrogen) atoms. The van der Waals surface area contributed by atoms with Crippen LogP contribution in [0.2, 0.25) is 0 Å². The highest BCUT2D eigenvalue weighted by Gasteiger charge is 2.53. The second kappa shape index (κ2) is 6.59. The van der Waals surface area contributed by atoms with Crippen molar-refractivity contribution >= 4 is 16.7 Å². The molecule has 3 aromatic rings. The number of nitrogens with one attached hydrogen (secondary N) is 1. The van der Waals surface area contributed by atoms with E-state index < -0.39 is 12.0 Å². The fourth-order valence-electron chi connectivity index (χ4n) is 4.50. The minimum Gasteiger partial charge on any atom is -0.507 e. The van der Waals surface area contributed by atoms with Gasteiger partial charge in [-0.3, -0.25) is 4.98 Å². The van der Waals surface area contributed by atoms with E-state index >= 15 is 0 Å². The first-order valence-electron chi connectivity index (χ1n) is 9.69. The monoisotopic (exact) mass is 397 g/mol. The van der Waals surface area contributed by atoms with Gasteiger partial charge in [-0.15, -0.1) is 10.2 Å². The number of hydrogen-bond acceptors (Lipinski definition) is 6. The third kappa shape index (κ3) is 3.17. The van der Waals surface area contributed by atoms with Crippen molar-refractivity contribution in [1.29, 1.82) is 0 Å². The molecule has 0 saturated carbocycles. The SMILES string of the molecule is CN(c1ccc(-c2cc3ncccc3cc2O)nn1)[C@H]1C[C@@H]2CC(F)(F)[C@H](C1)N2. The molecule has 0 unspecified atom stereocenters. The zero-order valence-electron chi connectivity index (χ0n) is 15.9. The van der Waals surface area contributed by atoms with Gasteiger partial charge in [0, 0.05) is 42.7 Å². The molecule has 2 bridgehead atoms. The van der Waals surface area contributed by atoms with Gasteiger partial charge in [-0.2, -0.15) is 0 Å². The lowest BCUT2D eigenvalue weighted by Gasteiger charge is -2.36. The van der Waals surface area contributed by atoms with E-state index in [1.54, 1.807) is 24.4 Å². The van der Waals surface area contributed by atoms with Crippen LogP contribution in [0.5, 0.6) is 5.75 Å². The molecule has 2 aliphatic heterocycles. The molecule has 2 aliphatic rings. The molecule has 2 saturated heterocycles. The van der Waals surface area contributed by atoms with Gasteiger partial charge in [-0.1, -0.05) is 6.07 Å². The number of anilines is 1. The number of pyridine rings is 1. The normalized spacial score (nSPS) is 25.3. The van der Waals surface area contributed by atoms with Crippen LogP contribution < -0.4 is 10.2 Å². The Hall–Kier alpha value is -2.87. The number of halogens is 2. The van der Waals surface area contributed by atoms with E-state index in [4.69, 9.17) is 0 Å². The van der Waals surface area contributed by atoms with Gasteiger partial charge < -0.3 is 15.3 Å². The fraction of sp³-hybridized carbons (Fsp3) is 0.381. The van der Waals surface area contributed by atoms with Gasteiger partial charge in [-0.05, 0) is 43.2 Å². The number of benzene rings is 1. The molecule has 2 aromatic heterocycles. The zero-order chi connectivity index (χ0) is 20.2. The number of alkyl halides is 2. The van der Waals surface area contributed by atoms with Crippen LogP contribution in [0.3, 0.4) is 0 Å². The molecule has 0 spiro atoms. The van der Waals surface area contributed by atoms with Crippen molar-refractivity contribution < 1.29 is 13.9 Å². The zero-order valence-corrected chi connectivity index (χ0v) is 15.9. The van der Waals surface area contributed by atoms with Crippen LogP contribution in [0.1, 0.15) is 19.3 Å². The van der Waals surface area contributed by atoms with Gasteiger partial charge >= 0.3 is 0 Å². The Morgan fingerprint density at radius 2 is 2.03 bits per heavy atom. The summed E-state index contributed by atoms with van der Waals surface area (Å²) in [5.41, 5.74) is 1.84. The van der Waals surface area contributed by atoms with Crippen LogP contribution in [0.25, 0.3) is 22.2 Å². The summed E-state index contributed by atoms with van der Waals surface area (Å²) in [5.74, 6) is -1.91. The third-order valence-electron chi connectivity index (χ3n) is 6.09. The van der Waals surface area contributed by atoms with Gasteiger partial charge in [-0.25, -0.2) is 8.78 Å². The molecule has 0 radical (unpaired) electrons. The highest BCUT2D eigenvalue weighted by molar-refractivity contribution is 5.87. The number of rotatable bonds is 3. The first-order chi connectivity index (χ1) is 13.9. The molecule has 3 atom stereocenters.